The summed E-state index contributed by atoms with van der Waals surface area (Å²) in [7, 11) is 1.65. The summed E-state index contributed by atoms with van der Waals surface area (Å²) in [6.45, 7) is 3.74. The van der Waals surface area contributed by atoms with Gasteiger partial charge in [-0.15, -0.1) is 0 Å². The molecule has 0 spiro atoms. The number of methoxy groups -OCH3 is 1. The third kappa shape index (κ3) is 7.27. The van der Waals surface area contributed by atoms with Crippen LogP contribution in [0.25, 0.3) is 10.9 Å². The molecule has 0 aliphatic heterocycles. The molecular weight excluding hydrogens is 556 g/mol. The number of fused-ring (bicyclic) bond motifs is 1. The van der Waals surface area contributed by atoms with Crippen LogP contribution in [0.1, 0.15) is 45.7 Å². The zero-order valence-corrected chi connectivity index (χ0v) is 25.8. The Morgan fingerprint density at radius 2 is 1.44 bits per heavy atom. The average molecular weight is 595 g/mol. The van der Waals surface area contributed by atoms with Gasteiger partial charge in [-0.25, -0.2) is 0 Å². The fraction of sp³-hybridized carbons (Fsp3) is 0.175. The molecule has 0 bridgehead atoms. The maximum Gasteiger partial charge on any atom is 0.221 e. The van der Waals surface area contributed by atoms with Crippen molar-refractivity contribution in [3.8, 4) is 11.5 Å². The molecule has 226 valence electrons. The predicted molar refractivity (Wildman–Crippen MR) is 181 cm³/mol. The van der Waals surface area contributed by atoms with Crippen LogP contribution in [0.2, 0.25) is 0 Å². The summed E-state index contributed by atoms with van der Waals surface area (Å²) >= 11 is 0. The first-order chi connectivity index (χ1) is 22.1. The second-order valence-corrected chi connectivity index (χ2v) is 11.4. The Hall–Kier alpha value is -5.29. The lowest BCUT2D eigenvalue weighted by Gasteiger charge is -2.20. The van der Waals surface area contributed by atoms with Crippen molar-refractivity contribution in [2.24, 2.45) is 0 Å². The van der Waals surface area contributed by atoms with Gasteiger partial charge in [0.2, 0.25) is 5.91 Å². The van der Waals surface area contributed by atoms with Gasteiger partial charge >= 0.3 is 0 Å². The van der Waals surface area contributed by atoms with Crippen molar-refractivity contribution in [2.45, 2.75) is 39.0 Å². The van der Waals surface area contributed by atoms with E-state index in [1.807, 2.05) is 72.8 Å². The highest BCUT2D eigenvalue weighted by molar-refractivity contribution is 5.87. The average Bonchev–Trinajstić information content (AvgIpc) is 3.45. The van der Waals surface area contributed by atoms with Crippen molar-refractivity contribution in [1.82, 2.24) is 9.88 Å². The van der Waals surface area contributed by atoms with Crippen LogP contribution < -0.4 is 14.8 Å². The number of carbonyl (C=O) groups excluding carboxylic acids is 1. The number of aromatic nitrogens is 1. The largest absolute Gasteiger partial charge is 0.493 e. The standard InChI is InChI=1S/C40H38N2O3/c1-29-17-19-31(20-18-29)26-42-27-36(34-15-9-10-16-37(34)42)35(24-40(43)41-25-30-11-5-3-6-12-30)33-21-22-38(44-2)39(23-33)45-28-32-13-7-4-8-14-32/h3-23,27,35H,24-26,28H2,1-2H3,(H,41,43)/t35-/m0/s1. The van der Waals surface area contributed by atoms with Gasteiger partial charge in [0.05, 0.1) is 7.11 Å². The third-order valence-electron chi connectivity index (χ3n) is 8.22. The van der Waals surface area contributed by atoms with Gasteiger partial charge in [0.1, 0.15) is 6.61 Å². The SMILES string of the molecule is COc1ccc([C@H](CC(=O)NCc2ccccc2)c2cn(Cc3ccc(C)cc3)c3ccccc23)cc1OCc1ccccc1. The van der Waals surface area contributed by atoms with E-state index in [1.165, 1.54) is 11.1 Å². The summed E-state index contributed by atoms with van der Waals surface area (Å²) in [6.07, 6.45) is 2.50. The number of nitrogens with zero attached hydrogens (tertiary/aromatic N) is 1. The number of nitrogens with one attached hydrogen (secondary N) is 1. The molecule has 6 rings (SSSR count). The van der Waals surface area contributed by atoms with Crippen molar-refractivity contribution in [1.29, 1.82) is 0 Å². The fourth-order valence-electron chi connectivity index (χ4n) is 5.79. The van der Waals surface area contributed by atoms with E-state index in [4.69, 9.17) is 9.47 Å². The molecule has 6 aromatic rings. The van der Waals surface area contributed by atoms with Gasteiger partial charge in [0, 0.05) is 42.5 Å². The third-order valence-corrected chi connectivity index (χ3v) is 8.22. The van der Waals surface area contributed by atoms with Crippen LogP contribution in [0.15, 0.2) is 134 Å². The van der Waals surface area contributed by atoms with E-state index in [2.05, 4.69) is 77.6 Å². The van der Waals surface area contributed by atoms with E-state index in [-0.39, 0.29) is 18.2 Å². The van der Waals surface area contributed by atoms with E-state index < -0.39 is 0 Å². The lowest BCUT2D eigenvalue weighted by molar-refractivity contribution is -0.121. The molecule has 0 fully saturated rings. The molecule has 1 amide bonds. The van der Waals surface area contributed by atoms with Crippen molar-refractivity contribution < 1.29 is 14.3 Å². The number of rotatable bonds is 12. The first kappa shape index (κ1) is 29.8. The number of para-hydroxylation sites is 1. The second kappa shape index (κ2) is 14.0. The van der Waals surface area contributed by atoms with Crippen molar-refractivity contribution in [3.63, 3.8) is 0 Å². The van der Waals surface area contributed by atoms with Crippen LogP contribution in [-0.4, -0.2) is 17.6 Å². The molecule has 1 heterocycles. The first-order valence-corrected chi connectivity index (χ1v) is 15.4. The number of aryl methyl sites for hydroxylation is 1. The number of benzene rings is 5. The van der Waals surface area contributed by atoms with Crippen LogP contribution in [-0.2, 0) is 24.5 Å². The molecule has 1 atom stereocenters. The highest BCUT2D eigenvalue weighted by Gasteiger charge is 2.24. The highest BCUT2D eigenvalue weighted by atomic mass is 16.5. The Bertz CT molecular complexity index is 1860. The molecule has 0 unspecified atom stereocenters. The van der Waals surface area contributed by atoms with E-state index in [0.717, 1.165) is 39.7 Å². The maximum absolute atomic E-state index is 13.6. The minimum Gasteiger partial charge on any atom is -0.493 e. The lowest BCUT2D eigenvalue weighted by atomic mass is 9.87. The van der Waals surface area contributed by atoms with Crippen molar-refractivity contribution in [3.05, 3.63) is 167 Å². The molecule has 0 saturated carbocycles. The molecule has 5 heteroatoms. The lowest BCUT2D eigenvalue weighted by Crippen LogP contribution is -2.25. The van der Waals surface area contributed by atoms with Gasteiger partial charge in [-0.3, -0.25) is 4.79 Å². The molecule has 5 nitrogen and oxygen atoms in total. The molecule has 0 radical (unpaired) electrons. The fourth-order valence-corrected chi connectivity index (χ4v) is 5.79. The Labute approximate surface area is 265 Å². The number of hydrogen-bond donors (Lipinski definition) is 1. The Morgan fingerprint density at radius 3 is 2.18 bits per heavy atom. The monoisotopic (exact) mass is 594 g/mol. The minimum atomic E-state index is -0.213. The van der Waals surface area contributed by atoms with Crippen LogP contribution >= 0.6 is 0 Å². The Kier molecular flexibility index (Phi) is 9.26. The Morgan fingerprint density at radius 1 is 0.756 bits per heavy atom. The number of amides is 1. The molecular formula is C40H38N2O3. The summed E-state index contributed by atoms with van der Waals surface area (Å²) in [5.41, 5.74) is 7.84. The number of hydrogen-bond acceptors (Lipinski definition) is 3. The topological polar surface area (TPSA) is 52.5 Å². The van der Waals surface area contributed by atoms with Gasteiger partial charge in [-0.1, -0.05) is 115 Å². The zero-order valence-electron chi connectivity index (χ0n) is 25.8. The zero-order chi connectivity index (χ0) is 31.0. The van der Waals surface area contributed by atoms with E-state index >= 15 is 0 Å². The summed E-state index contributed by atoms with van der Waals surface area (Å²) in [5, 5.41) is 4.28. The van der Waals surface area contributed by atoms with Crippen LogP contribution in [0.4, 0.5) is 0 Å². The molecule has 5 aromatic carbocycles. The van der Waals surface area contributed by atoms with Crippen molar-refractivity contribution in [2.75, 3.05) is 7.11 Å². The molecule has 1 aromatic heterocycles. The summed E-state index contributed by atoms with van der Waals surface area (Å²) in [5.74, 6) is 1.08. The van der Waals surface area contributed by atoms with Crippen molar-refractivity contribution >= 4 is 16.8 Å². The van der Waals surface area contributed by atoms with Crippen LogP contribution in [0.3, 0.4) is 0 Å². The summed E-state index contributed by atoms with van der Waals surface area (Å²) < 4.78 is 14.3. The molecule has 0 aliphatic carbocycles. The number of ether oxygens (including phenoxy) is 2. The van der Waals surface area contributed by atoms with Crippen LogP contribution in [0.5, 0.6) is 11.5 Å². The van der Waals surface area contributed by atoms with Gasteiger partial charge in [-0.2, -0.15) is 0 Å². The normalized spacial score (nSPS) is 11.7. The molecule has 1 N–H and O–H groups in total. The van der Waals surface area contributed by atoms with Gasteiger partial charge in [0.15, 0.2) is 11.5 Å². The first-order valence-electron chi connectivity index (χ1n) is 15.4. The van der Waals surface area contributed by atoms with E-state index in [9.17, 15) is 4.79 Å². The number of carbonyl (C=O) groups is 1. The molecule has 45 heavy (non-hydrogen) atoms. The van der Waals surface area contributed by atoms with Gasteiger partial charge in [0.25, 0.3) is 0 Å². The van der Waals surface area contributed by atoms with Gasteiger partial charge in [-0.05, 0) is 52.9 Å². The predicted octanol–water partition coefficient (Wildman–Crippen LogP) is 8.42. The second-order valence-electron chi connectivity index (χ2n) is 11.4. The van der Waals surface area contributed by atoms with E-state index in [0.29, 0.717) is 24.7 Å². The van der Waals surface area contributed by atoms with Gasteiger partial charge < -0.3 is 19.4 Å². The maximum atomic E-state index is 13.6. The molecule has 0 aliphatic rings. The smallest absolute Gasteiger partial charge is 0.221 e. The van der Waals surface area contributed by atoms with Crippen LogP contribution in [0, 0.1) is 6.92 Å². The highest BCUT2D eigenvalue weighted by Crippen LogP contribution is 2.39. The molecule has 0 saturated heterocycles. The minimum absolute atomic E-state index is 0.0122. The Balaban J connectivity index is 1.37. The quantitative estimate of drug-likeness (QED) is 0.155. The summed E-state index contributed by atoms with van der Waals surface area (Å²) in [6, 6.07) is 43.2. The van der Waals surface area contributed by atoms with E-state index in [1.54, 1.807) is 7.11 Å². The summed E-state index contributed by atoms with van der Waals surface area (Å²) in [4.78, 5) is 13.6.